The first-order valence-corrected chi connectivity index (χ1v) is 7.69. The molecule has 1 aromatic rings. The summed E-state index contributed by atoms with van der Waals surface area (Å²) in [5.41, 5.74) is 2.87. The van der Waals surface area contributed by atoms with Crippen LogP contribution in [0.25, 0.3) is 0 Å². The minimum atomic E-state index is 0.510. The van der Waals surface area contributed by atoms with Crippen molar-refractivity contribution in [2.75, 3.05) is 12.3 Å². The number of hydrogen-bond donors (Lipinski definition) is 1. The molecule has 0 bridgehead atoms. The molecule has 1 saturated heterocycles. The van der Waals surface area contributed by atoms with Gasteiger partial charge in [0.25, 0.3) is 0 Å². The van der Waals surface area contributed by atoms with Crippen molar-refractivity contribution in [1.29, 1.82) is 0 Å². The summed E-state index contributed by atoms with van der Waals surface area (Å²) < 4.78 is 0. The second kappa shape index (κ2) is 5.92. The van der Waals surface area contributed by atoms with Gasteiger partial charge in [0.05, 0.1) is 0 Å². The largest absolute Gasteiger partial charge is 0.309 e. The van der Waals surface area contributed by atoms with Gasteiger partial charge in [0.15, 0.2) is 0 Å². The van der Waals surface area contributed by atoms with E-state index >= 15 is 0 Å². The molecule has 1 fully saturated rings. The lowest BCUT2D eigenvalue weighted by Crippen LogP contribution is -2.29. The maximum Gasteiger partial charge on any atom is 0.0437 e. The summed E-state index contributed by atoms with van der Waals surface area (Å²) >= 11 is 2.10. The van der Waals surface area contributed by atoms with E-state index in [0.29, 0.717) is 11.3 Å². The molecule has 3 unspecified atom stereocenters. The van der Waals surface area contributed by atoms with Crippen LogP contribution in [0.15, 0.2) is 24.3 Å². The second-order valence-corrected chi connectivity index (χ2v) is 6.53. The monoisotopic (exact) mass is 249 g/mol. The molecule has 1 N–H and O–H groups in total. The van der Waals surface area contributed by atoms with Gasteiger partial charge in [0.2, 0.25) is 0 Å². The van der Waals surface area contributed by atoms with E-state index in [1.807, 2.05) is 0 Å². The third-order valence-electron chi connectivity index (χ3n) is 3.55. The molecule has 0 aromatic heterocycles. The van der Waals surface area contributed by atoms with E-state index in [0.717, 1.165) is 18.9 Å². The predicted octanol–water partition coefficient (Wildman–Crippen LogP) is 3.65. The zero-order chi connectivity index (χ0) is 12.3. The summed E-state index contributed by atoms with van der Waals surface area (Å²) in [6.07, 6.45) is 1.12. The number of hydrogen-bond acceptors (Lipinski definition) is 2. The Labute approximate surface area is 109 Å². The van der Waals surface area contributed by atoms with Gasteiger partial charge in [-0.2, -0.15) is 11.8 Å². The number of nitrogens with one attached hydrogen (secondary N) is 1. The number of thioether (sulfide) groups is 1. The lowest BCUT2D eigenvalue weighted by molar-refractivity contribution is 0.490. The van der Waals surface area contributed by atoms with Crippen LogP contribution in [0.4, 0.5) is 0 Å². The molecule has 1 nitrogen and oxygen atoms in total. The Balaban J connectivity index is 2.13. The topological polar surface area (TPSA) is 12.0 Å². The predicted molar refractivity (Wildman–Crippen MR) is 77.6 cm³/mol. The Hall–Kier alpha value is -0.470. The normalized spacial score (nSPS) is 29.9. The molecule has 0 radical (unpaired) electrons. The molecule has 17 heavy (non-hydrogen) atoms. The van der Waals surface area contributed by atoms with Crippen LogP contribution in [-0.4, -0.2) is 17.5 Å². The highest BCUT2D eigenvalue weighted by molar-refractivity contribution is 7.99. The van der Waals surface area contributed by atoms with Gasteiger partial charge in [0.1, 0.15) is 0 Å². The van der Waals surface area contributed by atoms with Crippen LogP contribution in [0.3, 0.4) is 0 Å². The van der Waals surface area contributed by atoms with Crippen molar-refractivity contribution in [1.82, 2.24) is 5.32 Å². The van der Waals surface area contributed by atoms with E-state index < -0.39 is 0 Å². The maximum absolute atomic E-state index is 3.71. The van der Waals surface area contributed by atoms with E-state index in [-0.39, 0.29) is 0 Å². The molecular weight excluding hydrogens is 226 g/mol. The maximum atomic E-state index is 3.71. The fourth-order valence-corrected chi connectivity index (χ4v) is 3.51. The standard InChI is InChI=1S/C15H23NS/c1-4-13-5-7-14(8-6-13)15-12(3)17-10-11(2)9-16-15/h5-8,11-12,15-16H,4,9-10H2,1-3H3. The van der Waals surface area contributed by atoms with Gasteiger partial charge in [-0.15, -0.1) is 0 Å². The molecule has 0 spiro atoms. The third kappa shape index (κ3) is 3.26. The summed E-state index contributed by atoms with van der Waals surface area (Å²) in [5, 5.41) is 4.37. The van der Waals surface area contributed by atoms with E-state index in [1.165, 1.54) is 16.9 Å². The van der Waals surface area contributed by atoms with Crippen molar-refractivity contribution in [3.05, 3.63) is 35.4 Å². The SMILES string of the molecule is CCc1ccc(C2NCC(C)CSC2C)cc1. The first kappa shape index (κ1) is 13.0. The van der Waals surface area contributed by atoms with Gasteiger partial charge in [-0.25, -0.2) is 0 Å². The van der Waals surface area contributed by atoms with Crippen molar-refractivity contribution >= 4 is 11.8 Å². The Kier molecular flexibility index (Phi) is 4.52. The first-order chi connectivity index (χ1) is 8.20. The minimum absolute atomic E-state index is 0.510. The molecule has 94 valence electrons. The zero-order valence-electron chi connectivity index (χ0n) is 11.1. The average molecular weight is 249 g/mol. The molecule has 0 saturated carbocycles. The smallest absolute Gasteiger partial charge is 0.0437 e. The molecule has 1 heterocycles. The molecule has 0 aliphatic carbocycles. The number of rotatable bonds is 2. The molecule has 1 aliphatic heterocycles. The number of aryl methyl sites for hydroxylation is 1. The average Bonchev–Trinajstić information content (AvgIpc) is 2.52. The van der Waals surface area contributed by atoms with E-state index in [2.05, 4.69) is 62.1 Å². The fourth-order valence-electron chi connectivity index (χ4n) is 2.31. The summed E-state index contributed by atoms with van der Waals surface area (Å²) in [5.74, 6) is 2.06. The van der Waals surface area contributed by atoms with Gasteiger partial charge in [-0.05, 0) is 35.8 Å². The third-order valence-corrected chi connectivity index (χ3v) is 5.11. The van der Waals surface area contributed by atoms with Gasteiger partial charge in [-0.1, -0.05) is 45.0 Å². The van der Waals surface area contributed by atoms with Gasteiger partial charge < -0.3 is 5.32 Å². The summed E-state index contributed by atoms with van der Waals surface area (Å²) in [6.45, 7) is 8.01. The molecule has 2 heteroatoms. The Morgan fingerprint density at radius 2 is 1.94 bits per heavy atom. The molecule has 1 aliphatic rings. The summed E-state index contributed by atoms with van der Waals surface area (Å²) in [7, 11) is 0. The zero-order valence-corrected chi connectivity index (χ0v) is 11.9. The van der Waals surface area contributed by atoms with Gasteiger partial charge in [0, 0.05) is 11.3 Å². The van der Waals surface area contributed by atoms with E-state index in [9.17, 15) is 0 Å². The van der Waals surface area contributed by atoms with Crippen molar-refractivity contribution in [2.24, 2.45) is 5.92 Å². The Morgan fingerprint density at radius 3 is 2.59 bits per heavy atom. The van der Waals surface area contributed by atoms with E-state index in [4.69, 9.17) is 0 Å². The highest BCUT2D eigenvalue weighted by Crippen LogP contribution is 2.30. The number of benzene rings is 1. The van der Waals surface area contributed by atoms with Crippen molar-refractivity contribution in [3.63, 3.8) is 0 Å². The lowest BCUT2D eigenvalue weighted by Gasteiger charge is -2.22. The molecular formula is C15H23NS. The lowest BCUT2D eigenvalue weighted by atomic mass is 10.0. The van der Waals surface area contributed by atoms with Crippen LogP contribution in [-0.2, 0) is 6.42 Å². The highest BCUT2D eigenvalue weighted by Gasteiger charge is 2.23. The Morgan fingerprint density at radius 1 is 1.24 bits per heavy atom. The molecule has 1 aromatic carbocycles. The molecule has 0 amide bonds. The minimum Gasteiger partial charge on any atom is -0.309 e. The molecule has 3 atom stereocenters. The van der Waals surface area contributed by atoms with Crippen molar-refractivity contribution in [2.45, 2.75) is 38.5 Å². The van der Waals surface area contributed by atoms with Crippen molar-refractivity contribution < 1.29 is 0 Å². The van der Waals surface area contributed by atoms with Crippen LogP contribution >= 0.6 is 11.8 Å². The van der Waals surface area contributed by atoms with Crippen LogP contribution in [0, 0.1) is 5.92 Å². The van der Waals surface area contributed by atoms with Crippen LogP contribution in [0.2, 0.25) is 0 Å². The summed E-state index contributed by atoms with van der Waals surface area (Å²) in [6, 6.07) is 9.63. The fraction of sp³-hybridized carbons (Fsp3) is 0.600. The van der Waals surface area contributed by atoms with Gasteiger partial charge in [-0.3, -0.25) is 0 Å². The quantitative estimate of drug-likeness (QED) is 0.858. The van der Waals surface area contributed by atoms with Crippen LogP contribution < -0.4 is 5.32 Å². The van der Waals surface area contributed by atoms with Crippen molar-refractivity contribution in [3.8, 4) is 0 Å². The van der Waals surface area contributed by atoms with Crippen LogP contribution in [0.1, 0.15) is 37.9 Å². The van der Waals surface area contributed by atoms with Gasteiger partial charge >= 0.3 is 0 Å². The second-order valence-electron chi connectivity index (χ2n) is 5.12. The highest BCUT2D eigenvalue weighted by atomic mass is 32.2. The van der Waals surface area contributed by atoms with Crippen LogP contribution in [0.5, 0.6) is 0 Å². The Bertz CT molecular complexity index is 346. The van der Waals surface area contributed by atoms with E-state index in [1.54, 1.807) is 0 Å². The first-order valence-electron chi connectivity index (χ1n) is 6.64. The summed E-state index contributed by atoms with van der Waals surface area (Å²) in [4.78, 5) is 0. The molecule has 2 rings (SSSR count).